The molecule has 0 saturated carbocycles. The number of nitrogens with zero attached hydrogens (tertiary/aromatic N) is 2. The maximum atomic E-state index is 13.4. The standard InChI is InChI=1S/C29H30N2O4/c1-5-6-9-20-11-13-21(14-12-20)31-26(23-10-7-8-15-30-23)25(28(33)29(31)34)27(32)22-16-19(3)24(35-4)17-18(22)2/h7-8,10-17,26,32H,5-6,9H2,1-4H3/b27-25+. The quantitative estimate of drug-likeness (QED) is 0.273. The summed E-state index contributed by atoms with van der Waals surface area (Å²) in [6.45, 7) is 5.84. The number of anilines is 1. The second kappa shape index (κ2) is 10.1. The second-order valence-corrected chi connectivity index (χ2v) is 8.83. The number of Topliss-reactive ketones (excluding diaryl/α,β-unsaturated/α-hetero) is 1. The Morgan fingerprint density at radius 1 is 1.06 bits per heavy atom. The van der Waals surface area contributed by atoms with Gasteiger partial charge >= 0.3 is 0 Å². The molecule has 0 bridgehead atoms. The summed E-state index contributed by atoms with van der Waals surface area (Å²) in [5.74, 6) is -0.958. The molecule has 6 heteroatoms. The van der Waals surface area contributed by atoms with Crippen LogP contribution in [0.3, 0.4) is 0 Å². The highest BCUT2D eigenvalue weighted by atomic mass is 16.5. The number of methoxy groups -OCH3 is 1. The fourth-order valence-corrected chi connectivity index (χ4v) is 4.53. The molecule has 1 fully saturated rings. The number of hydrogen-bond donors (Lipinski definition) is 1. The Morgan fingerprint density at radius 2 is 1.80 bits per heavy atom. The molecule has 1 N–H and O–H groups in total. The Hall–Kier alpha value is -3.93. The summed E-state index contributed by atoms with van der Waals surface area (Å²) in [6, 6.07) is 15.8. The molecular formula is C29H30N2O4. The van der Waals surface area contributed by atoms with Crippen molar-refractivity contribution >= 4 is 23.1 Å². The van der Waals surface area contributed by atoms with Gasteiger partial charge in [0.25, 0.3) is 11.7 Å². The molecule has 3 aromatic rings. The van der Waals surface area contributed by atoms with E-state index in [2.05, 4.69) is 11.9 Å². The van der Waals surface area contributed by atoms with Gasteiger partial charge in [0.2, 0.25) is 0 Å². The topological polar surface area (TPSA) is 79.7 Å². The van der Waals surface area contributed by atoms with Crippen LogP contribution in [0, 0.1) is 13.8 Å². The number of amides is 1. The summed E-state index contributed by atoms with van der Waals surface area (Å²) < 4.78 is 5.39. The van der Waals surface area contributed by atoms with Gasteiger partial charge < -0.3 is 9.84 Å². The Morgan fingerprint density at radius 3 is 2.43 bits per heavy atom. The Bertz CT molecular complexity index is 1280. The molecule has 1 aliphatic rings. The number of aliphatic hydroxyl groups is 1. The summed E-state index contributed by atoms with van der Waals surface area (Å²) in [7, 11) is 1.58. The zero-order chi connectivity index (χ0) is 25.1. The Kier molecular flexibility index (Phi) is 7.01. The van der Waals surface area contributed by atoms with Gasteiger partial charge in [-0.1, -0.05) is 31.5 Å². The molecule has 0 radical (unpaired) electrons. The number of ether oxygens (including phenoxy) is 1. The van der Waals surface area contributed by atoms with Crippen LogP contribution in [0.1, 0.15) is 53.8 Å². The molecular weight excluding hydrogens is 440 g/mol. The first-order valence-electron chi connectivity index (χ1n) is 11.8. The van der Waals surface area contributed by atoms with Crippen molar-refractivity contribution in [2.45, 2.75) is 46.1 Å². The summed E-state index contributed by atoms with van der Waals surface area (Å²) in [4.78, 5) is 32.6. The van der Waals surface area contributed by atoms with Crippen molar-refractivity contribution in [1.29, 1.82) is 0 Å². The maximum Gasteiger partial charge on any atom is 0.300 e. The largest absolute Gasteiger partial charge is 0.507 e. The lowest BCUT2D eigenvalue weighted by Crippen LogP contribution is -2.29. The lowest BCUT2D eigenvalue weighted by atomic mass is 9.95. The molecule has 2 heterocycles. The van der Waals surface area contributed by atoms with Crippen molar-refractivity contribution in [3.05, 3.63) is 94.3 Å². The highest BCUT2D eigenvalue weighted by Crippen LogP contribution is 2.42. The Labute approximate surface area is 205 Å². The van der Waals surface area contributed by atoms with Crippen LogP contribution in [-0.4, -0.2) is 28.9 Å². The third-order valence-electron chi connectivity index (χ3n) is 6.44. The molecule has 0 spiro atoms. The molecule has 1 unspecified atom stereocenters. The van der Waals surface area contributed by atoms with E-state index >= 15 is 0 Å². The van der Waals surface area contributed by atoms with Crippen LogP contribution in [0.25, 0.3) is 5.76 Å². The number of hydrogen-bond acceptors (Lipinski definition) is 5. The van der Waals surface area contributed by atoms with E-state index in [1.807, 2.05) is 44.2 Å². The normalized spacial score (nSPS) is 17.1. The lowest BCUT2D eigenvalue weighted by Gasteiger charge is -2.25. The van der Waals surface area contributed by atoms with Crippen LogP contribution < -0.4 is 9.64 Å². The molecule has 1 aliphatic heterocycles. The van der Waals surface area contributed by atoms with Crippen LogP contribution in [-0.2, 0) is 16.0 Å². The molecule has 4 rings (SSSR count). The minimum absolute atomic E-state index is 0.0245. The molecule has 2 aromatic carbocycles. The van der Waals surface area contributed by atoms with Gasteiger partial charge in [-0.25, -0.2) is 0 Å². The SMILES string of the molecule is CCCCc1ccc(N2C(=O)C(=O)/C(=C(/O)c3cc(C)c(OC)cc3C)C2c2ccccn2)cc1. The zero-order valence-corrected chi connectivity index (χ0v) is 20.5. The van der Waals surface area contributed by atoms with Gasteiger partial charge in [0.05, 0.1) is 18.4 Å². The van der Waals surface area contributed by atoms with Gasteiger partial charge in [0, 0.05) is 17.4 Å². The molecule has 1 atom stereocenters. The average molecular weight is 471 g/mol. The van der Waals surface area contributed by atoms with Crippen LogP contribution in [0.15, 0.2) is 66.4 Å². The summed E-state index contributed by atoms with van der Waals surface area (Å²) in [5.41, 5.74) is 4.32. The number of carbonyl (C=O) groups is 2. The minimum atomic E-state index is -0.848. The third-order valence-corrected chi connectivity index (χ3v) is 6.44. The second-order valence-electron chi connectivity index (χ2n) is 8.83. The fourth-order valence-electron chi connectivity index (χ4n) is 4.53. The smallest absolute Gasteiger partial charge is 0.300 e. The number of ketones is 1. The van der Waals surface area contributed by atoms with Crippen molar-refractivity contribution in [3.8, 4) is 5.75 Å². The van der Waals surface area contributed by atoms with Gasteiger partial charge in [-0.2, -0.15) is 0 Å². The highest BCUT2D eigenvalue weighted by Gasteiger charge is 2.47. The monoisotopic (exact) mass is 470 g/mol. The van der Waals surface area contributed by atoms with Crippen molar-refractivity contribution in [2.75, 3.05) is 12.0 Å². The molecule has 0 aliphatic carbocycles. The van der Waals surface area contributed by atoms with E-state index in [9.17, 15) is 14.7 Å². The number of aryl methyl sites for hydroxylation is 3. The van der Waals surface area contributed by atoms with Crippen LogP contribution in [0.5, 0.6) is 5.75 Å². The lowest BCUT2D eigenvalue weighted by molar-refractivity contribution is -0.132. The molecule has 35 heavy (non-hydrogen) atoms. The number of carbonyl (C=O) groups excluding carboxylic acids is 2. The molecule has 180 valence electrons. The summed E-state index contributed by atoms with van der Waals surface area (Å²) >= 11 is 0. The number of unbranched alkanes of at least 4 members (excludes halogenated alkanes) is 1. The van der Waals surface area contributed by atoms with E-state index in [0.29, 0.717) is 22.7 Å². The fraction of sp³-hybridized carbons (Fsp3) is 0.276. The van der Waals surface area contributed by atoms with Crippen LogP contribution >= 0.6 is 0 Å². The van der Waals surface area contributed by atoms with E-state index in [1.54, 1.807) is 37.6 Å². The first-order valence-corrected chi connectivity index (χ1v) is 11.8. The van der Waals surface area contributed by atoms with E-state index in [-0.39, 0.29) is 11.3 Å². The Balaban J connectivity index is 1.87. The van der Waals surface area contributed by atoms with Crippen molar-refractivity contribution < 1.29 is 19.4 Å². The number of rotatable bonds is 7. The van der Waals surface area contributed by atoms with Gasteiger partial charge in [-0.3, -0.25) is 19.5 Å². The van der Waals surface area contributed by atoms with Crippen molar-refractivity contribution in [3.63, 3.8) is 0 Å². The molecule has 6 nitrogen and oxygen atoms in total. The van der Waals surface area contributed by atoms with E-state index < -0.39 is 17.7 Å². The first-order chi connectivity index (χ1) is 16.9. The molecule has 1 aromatic heterocycles. The molecule has 1 saturated heterocycles. The number of benzene rings is 2. The number of pyridine rings is 1. The summed E-state index contributed by atoms with van der Waals surface area (Å²) in [5, 5.41) is 11.4. The zero-order valence-electron chi connectivity index (χ0n) is 20.5. The van der Waals surface area contributed by atoms with Crippen molar-refractivity contribution in [2.24, 2.45) is 0 Å². The summed E-state index contributed by atoms with van der Waals surface area (Å²) in [6.07, 6.45) is 4.75. The highest BCUT2D eigenvalue weighted by molar-refractivity contribution is 6.51. The van der Waals surface area contributed by atoms with Gasteiger partial charge in [-0.05, 0) is 79.8 Å². The van der Waals surface area contributed by atoms with Crippen LogP contribution in [0.4, 0.5) is 5.69 Å². The van der Waals surface area contributed by atoms with Gasteiger partial charge in [0.15, 0.2) is 0 Å². The van der Waals surface area contributed by atoms with E-state index in [4.69, 9.17) is 4.74 Å². The van der Waals surface area contributed by atoms with Crippen molar-refractivity contribution in [1.82, 2.24) is 4.98 Å². The number of aliphatic hydroxyl groups excluding tert-OH is 1. The van der Waals surface area contributed by atoms with E-state index in [0.717, 1.165) is 30.4 Å². The number of aromatic nitrogens is 1. The third kappa shape index (κ3) is 4.56. The van der Waals surface area contributed by atoms with E-state index in [1.165, 1.54) is 10.5 Å². The first kappa shape index (κ1) is 24.2. The van der Waals surface area contributed by atoms with Gasteiger partial charge in [0.1, 0.15) is 17.6 Å². The average Bonchev–Trinajstić information content (AvgIpc) is 3.14. The maximum absolute atomic E-state index is 13.4. The predicted molar refractivity (Wildman–Crippen MR) is 137 cm³/mol. The molecule has 1 amide bonds. The van der Waals surface area contributed by atoms with Crippen LogP contribution in [0.2, 0.25) is 0 Å². The minimum Gasteiger partial charge on any atom is -0.507 e. The predicted octanol–water partition coefficient (Wildman–Crippen LogP) is 5.68. The van der Waals surface area contributed by atoms with Gasteiger partial charge in [-0.15, -0.1) is 0 Å².